The molecular weight excluding hydrogens is 184 g/mol. The van der Waals surface area contributed by atoms with Crippen molar-refractivity contribution in [2.75, 3.05) is 26.9 Å². The summed E-state index contributed by atoms with van der Waals surface area (Å²) in [4.78, 5) is 10.7. The van der Waals surface area contributed by atoms with Crippen LogP contribution >= 0.6 is 0 Å². The zero-order valence-electron chi connectivity index (χ0n) is 8.99. The Kier molecular flexibility index (Phi) is 8.57. The van der Waals surface area contributed by atoms with Crippen LogP contribution in [0.4, 0.5) is 0 Å². The van der Waals surface area contributed by atoms with Gasteiger partial charge in [0.1, 0.15) is 0 Å². The molecule has 1 N–H and O–H groups in total. The topological polar surface area (TPSA) is 55.8 Å². The summed E-state index contributed by atoms with van der Waals surface area (Å²) < 4.78 is 10.0. The van der Waals surface area contributed by atoms with E-state index in [2.05, 4.69) is 0 Å². The predicted molar refractivity (Wildman–Crippen MR) is 53.3 cm³/mol. The molecule has 0 amide bonds. The molecule has 0 heterocycles. The minimum Gasteiger partial charge on any atom is -0.481 e. The molecular formula is C10H20O4. The highest BCUT2D eigenvalue weighted by atomic mass is 16.5. The van der Waals surface area contributed by atoms with Crippen LogP contribution in [0.3, 0.4) is 0 Å². The Morgan fingerprint density at radius 3 is 2.50 bits per heavy atom. The standard InChI is InChI=1S/C10H20O4/c1-3-4-9(10(11)12)5-6-14-8-7-13-2/h9H,3-8H2,1-2H3,(H,11,12). The molecule has 0 aromatic rings. The lowest BCUT2D eigenvalue weighted by atomic mass is 10.0. The Morgan fingerprint density at radius 2 is 2.00 bits per heavy atom. The Morgan fingerprint density at radius 1 is 1.29 bits per heavy atom. The molecule has 0 aromatic heterocycles. The van der Waals surface area contributed by atoms with Crippen molar-refractivity contribution in [2.24, 2.45) is 5.92 Å². The van der Waals surface area contributed by atoms with Crippen molar-refractivity contribution in [1.29, 1.82) is 0 Å². The summed E-state index contributed by atoms with van der Waals surface area (Å²) >= 11 is 0. The normalized spacial score (nSPS) is 12.7. The molecule has 0 radical (unpaired) electrons. The zero-order valence-corrected chi connectivity index (χ0v) is 8.99. The van der Waals surface area contributed by atoms with Gasteiger partial charge in [-0.2, -0.15) is 0 Å². The third-order valence-corrected chi connectivity index (χ3v) is 2.03. The van der Waals surface area contributed by atoms with Crippen LogP contribution in [0.5, 0.6) is 0 Å². The van der Waals surface area contributed by atoms with Gasteiger partial charge in [0.2, 0.25) is 0 Å². The van der Waals surface area contributed by atoms with Crippen LogP contribution in [-0.4, -0.2) is 38.0 Å². The molecule has 4 nitrogen and oxygen atoms in total. The van der Waals surface area contributed by atoms with Crippen LogP contribution in [0, 0.1) is 5.92 Å². The van der Waals surface area contributed by atoms with Crippen LogP contribution in [0.1, 0.15) is 26.2 Å². The van der Waals surface area contributed by atoms with E-state index >= 15 is 0 Å². The third-order valence-electron chi connectivity index (χ3n) is 2.03. The number of carboxylic acids is 1. The maximum absolute atomic E-state index is 10.7. The molecule has 0 fully saturated rings. The molecule has 0 aliphatic heterocycles. The van der Waals surface area contributed by atoms with Gasteiger partial charge in [-0.3, -0.25) is 4.79 Å². The average Bonchev–Trinajstić information content (AvgIpc) is 2.15. The number of hydrogen-bond acceptors (Lipinski definition) is 3. The van der Waals surface area contributed by atoms with Gasteiger partial charge in [0.15, 0.2) is 0 Å². The highest BCUT2D eigenvalue weighted by Crippen LogP contribution is 2.11. The van der Waals surface area contributed by atoms with Crippen molar-refractivity contribution in [3.05, 3.63) is 0 Å². The molecule has 0 aromatic carbocycles. The average molecular weight is 204 g/mol. The second-order valence-corrected chi connectivity index (χ2v) is 3.22. The first kappa shape index (κ1) is 13.4. The van der Waals surface area contributed by atoms with Gasteiger partial charge in [0.05, 0.1) is 19.1 Å². The smallest absolute Gasteiger partial charge is 0.306 e. The summed E-state index contributed by atoms with van der Waals surface area (Å²) in [7, 11) is 1.61. The van der Waals surface area contributed by atoms with Gasteiger partial charge in [-0.1, -0.05) is 13.3 Å². The molecule has 0 saturated heterocycles. The number of hydrogen-bond donors (Lipinski definition) is 1. The summed E-state index contributed by atoms with van der Waals surface area (Å²) in [6, 6.07) is 0. The van der Waals surface area contributed by atoms with Crippen LogP contribution in [0.15, 0.2) is 0 Å². The third kappa shape index (κ3) is 6.86. The van der Waals surface area contributed by atoms with E-state index in [0.29, 0.717) is 26.2 Å². The maximum Gasteiger partial charge on any atom is 0.306 e. The molecule has 0 aliphatic rings. The zero-order chi connectivity index (χ0) is 10.8. The molecule has 84 valence electrons. The molecule has 4 heteroatoms. The van der Waals surface area contributed by atoms with E-state index in [4.69, 9.17) is 14.6 Å². The number of ether oxygens (including phenoxy) is 2. The van der Waals surface area contributed by atoms with Crippen LogP contribution in [-0.2, 0) is 14.3 Å². The highest BCUT2D eigenvalue weighted by Gasteiger charge is 2.15. The number of carboxylic acid groups (broad SMARTS) is 1. The molecule has 1 unspecified atom stereocenters. The van der Waals surface area contributed by atoms with Gasteiger partial charge >= 0.3 is 5.97 Å². The van der Waals surface area contributed by atoms with E-state index in [1.54, 1.807) is 7.11 Å². The van der Waals surface area contributed by atoms with Crippen molar-refractivity contribution in [3.8, 4) is 0 Å². The van der Waals surface area contributed by atoms with E-state index in [-0.39, 0.29) is 5.92 Å². The number of aliphatic carboxylic acids is 1. The fourth-order valence-electron chi connectivity index (χ4n) is 1.21. The van der Waals surface area contributed by atoms with Gasteiger partial charge < -0.3 is 14.6 Å². The molecule has 0 saturated carbocycles. The minimum atomic E-state index is -0.720. The van der Waals surface area contributed by atoms with Gasteiger partial charge in [0, 0.05) is 13.7 Å². The summed E-state index contributed by atoms with van der Waals surface area (Å²) in [5, 5.41) is 8.83. The summed E-state index contributed by atoms with van der Waals surface area (Å²) in [6.45, 7) is 3.59. The van der Waals surface area contributed by atoms with Crippen molar-refractivity contribution >= 4 is 5.97 Å². The van der Waals surface area contributed by atoms with Crippen LogP contribution in [0.2, 0.25) is 0 Å². The summed E-state index contributed by atoms with van der Waals surface area (Å²) in [5.74, 6) is -0.982. The number of methoxy groups -OCH3 is 1. The molecule has 0 bridgehead atoms. The fraction of sp³-hybridized carbons (Fsp3) is 0.900. The van der Waals surface area contributed by atoms with E-state index in [1.807, 2.05) is 6.92 Å². The Labute approximate surface area is 85.2 Å². The maximum atomic E-state index is 10.7. The van der Waals surface area contributed by atoms with Crippen molar-refractivity contribution in [1.82, 2.24) is 0 Å². The van der Waals surface area contributed by atoms with Crippen molar-refractivity contribution < 1.29 is 19.4 Å². The first-order valence-corrected chi connectivity index (χ1v) is 5.01. The molecule has 14 heavy (non-hydrogen) atoms. The molecule has 1 atom stereocenters. The van der Waals surface area contributed by atoms with Gasteiger partial charge in [-0.25, -0.2) is 0 Å². The first-order chi connectivity index (χ1) is 6.72. The molecule has 0 spiro atoms. The monoisotopic (exact) mass is 204 g/mol. The molecule has 0 aliphatic carbocycles. The number of rotatable bonds is 9. The van der Waals surface area contributed by atoms with Crippen molar-refractivity contribution in [2.45, 2.75) is 26.2 Å². The van der Waals surface area contributed by atoms with E-state index in [9.17, 15) is 4.79 Å². The highest BCUT2D eigenvalue weighted by molar-refractivity contribution is 5.69. The second kappa shape index (κ2) is 8.97. The van der Waals surface area contributed by atoms with Gasteiger partial charge in [-0.05, 0) is 12.8 Å². The fourth-order valence-corrected chi connectivity index (χ4v) is 1.21. The first-order valence-electron chi connectivity index (χ1n) is 5.01. The van der Waals surface area contributed by atoms with Gasteiger partial charge in [0.25, 0.3) is 0 Å². The SMILES string of the molecule is CCCC(CCOCCOC)C(=O)O. The minimum absolute atomic E-state index is 0.262. The quantitative estimate of drug-likeness (QED) is 0.579. The predicted octanol–water partition coefficient (Wildman–Crippen LogP) is 1.54. The van der Waals surface area contributed by atoms with Gasteiger partial charge in [-0.15, -0.1) is 0 Å². The van der Waals surface area contributed by atoms with Crippen molar-refractivity contribution in [3.63, 3.8) is 0 Å². The lowest BCUT2D eigenvalue weighted by molar-refractivity contribution is -0.142. The van der Waals surface area contributed by atoms with E-state index in [0.717, 1.165) is 12.8 Å². The van der Waals surface area contributed by atoms with Crippen LogP contribution < -0.4 is 0 Å². The van der Waals surface area contributed by atoms with E-state index in [1.165, 1.54) is 0 Å². The van der Waals surface area contributed by atoms with E-state index < -0.39 is 5.97 Å². The lowest BCUT2D eigenvalue weighted by Crippen LogP contribution is -2.16. The second-order valence-electron chi connectivity index (χ2n) is 3.22. The lowest BCUT2D eigenvalue weighted by Gasteiger charge is -2.10. The summed E-state index contributed by atoms with van der Waals surface area (Å²) in [5.41, 5.74) is 0. The number of carbonyl (C=O) groups is 1. The Hall–Kier alpha value is -0.610. The Bertz CT molecular complexity index is 147. The Balaban J connectivity index is 3.46. The largest absolute Gasteiger partial charge is 0.481 e. The summed E-state index contributed by atoms with van der Waals surface area (Å²) in [6.07, 6.45) is 2.21. The molecule has 0 rings (SSSR count). The van der Waals surface area contributed by atoms with Crippen LogP contribution in [0.25, 0.3) is 0 Å².